The minimum absolute atomic E-state index is 0.112. The van der Waals surface area contributed by atoms with E-state index in [1.165, 1.54) is 12.8 Å². The number of fused-ring (bicyclic) bond motifs is 3. The maximum Gasteiger partial charge on any atom is 0.287 e. The van der Waals surface area contributed by atoms with Gasteiger partial charge >= 0.3 is 0 Å². The lowest BCUT2D eigenvalue weighted by atomic mass is 9.94. The van der Waals surface area contributed by atoms with Gasteiger partial charge in [0.15, 0.2) is 11.5 Å². The number of carbonyl (C=O) groups is 2. The van der Waals surface area contributed by atoms with Crippen molar-refractivity contribution in [2.24, 2.45) is 0 Å². The number of hydrogen-bond acceptors (Lipinski definition) is 4. The molecule has 0 saturated carbocycles. The van der Waals surface area contributed by atoms with Crippen LogP contribution < -0.4 is 10.6 Å². The molecular formula is C17H22N2O3. The summed E-state index contributed by atoms with van der Waals surface area (Å²) < 4.78 is 5.73. The summed E-state index contributed by atoms with van der Waals surface area (Å²) in [5.41, 5.74) is 1.37. The van der Waals surface area contributed by atoms with Gasteiger partial charge in [-0.3, -0.25) is 9.59 Å². The second-order valence-corrected chi connectivity index (χ2v) is 6.91. The third-order valence-corrected chi connectivity index (χ3v) is 5.32. The maximum absolute atomic E-state index is 12.6. The molecule has 3 aliphatic rings. The normalized spacial score (nSPS) is 30.2. The fourth-order valence-corrected chi connectivity index (χ4v) is 4.29. The van der Waals surface area contributed by atoms with Crippen LogP contribution in [-0.2, 0) is 6.42 Å². The Balaban J connectivity index is 1.52. The second-order valence-electron chi connectivity index (χ2n) is 6.91. The number of piperidine rings is 1. The Bertz CT molecular complexity index is 622. The summed E-state index contributed by atoms with van der Waals surface area (Å²) in [6, 6.07) is 1.29. The Hall–Kier alpha value is -1.62. The van der Waals surface area contributed by atoms with Gasteiger partial charge < -0.3 is 15.1 Å². The van der Waals surface area contributed by atoms with Crippen LogP contribution in [0.25, 0.3) is 0 Å². The number of carbonyl (C=O) groups excluding carboxylic acids is 2. The first-order valence-electron chi connectivity index (χ1n) is 8.34. The molecule has 1 aromatic rings. The van der Waals surface area contributed by atoms with Crippen molar-refractivity contribution >= 4 is 11.7 Å². The van der Waals surface area contributed by atoms with Crippen LogP contribution in [0, 0.1) is 6.92 Å². The van der Waals surface area contributed by atoms with E-state index in [4.69, 9.17) is 4.42 Å². The van der Waals surface area contributed by atoms with Crippen LogP contribution in [-0.4, -0.2) is 29.8 Å². The fraction of sp³-hybridized carbons (Fsp3) is 0.647. The van der Waals surface area contributed by atoms with Crippen LogP contribution in [0.4, 0.5) is 0 Å². The summed E-state index contributed by atoms with van der Waals surface area (Å²) in [5.74, 6) is 0.989. The number of Topliss-reactive ketones (excluding diaryl/α,β-unsaturated/α-hetero) is 1. The number of rotatable bonds is 2. The molecule has 2 fully saturated rings. The first-order chi connectivity index (χ1) is 10.6. The number of furan rings is 1. The van der Waals surface area contributed by atoms with Gasteiger partial charge in [0.05, 0.1) is 5.56 Å². The van der Waals surface area contributed by atoms with E-state index in [0.29, 0.717) is 41.2 Å². The summed E-state index contributed by atoms with van der Waals surface area (Å²) in [6.07, 6.45) is 6.52. The molecular weight excluding hydrogens is 280 g/mol. The molecule has 0 aromatic carbocycles. The van der Waals surface area contributed by atoms with Crippen molar-refractivity contribution in [3.63, 3.8) is 0 Å². The lowest BCUT2D eigenvalue weighted by Gasteiger charge is -2.29. The minimum atomic E-state index is -0.161. The van der Waals surface area contributed by atoms with Crippen LogP contribution in [0.15, 0.2) is 4.42 Å². The smallest absolute Gasteiger partial charge is 0.287 e. The summed E-state index contributed by atoms with van der Waals surface area (Å²) >= 11 is 0. The Morgan fingerprint density at radius 1 is 1.23 bits per heavy atom. The van der Waals surface area contributed by atoms with Gasteiger partial charge in [0, 0.05) is 36.5 Å². The quantitative estimate of drug-likeness (QED) is 0.878. The Labute approximate surface area is 129 Å². The molecule has 3 heterocycles. The fourth-order valence-electron chi connectivity index (χ4n) is 4.29. The van der Waals surface area contributed by atoms with Crippen LogP contribution in [0.2, 0.25) is 0 Å². The van der Waals surface area contributed by atoms with Crippen LogP contribution >= 0.6 is 0 Å². The molecule has 1 aromatic heterocycles. The Morgan fingerprint density at radius 3 is 2.64 bits per heavy atom. The Kier molecular flexibility index (Phi) is 3.33. The van der Waals surface area contributed by atoms with Gasteiger partial charge in [-0.2, -0.15) is 0 Å². The van der Waals surface area contributed by atoms with Gasteiger partial charge in [0.25, 0.3) is 5.91 Å². The van der Waals surface area contributed by atoms with E-state index in [0.717, 1.165) is 25.7 Å². The minimum Gasteiger partial charge on any atom is -0.455 e. The predicted molar refractivity (Wildman–Crippen MR) is 81.1 cm³/mol. The molecule has 2 bridgehead atoms. The highest BCUT2D eigenvalue weighted by Gasteiger charge is 2.35. The molecule has 0 spiro atoms. The highest BCUT2D eigenvalue weighted by atomic mass is 16.4. The van der Waals surface area contributed by atoms with Crippen LogP contribution in [0.3, 0.4) is 0 Å². The van der Waals surface area contributed by atoms with Gasteiger partial charge in [-0.25, -0.2) is 0 Å². The van der Waals surface area contributed by atoms with Crippen molar-refractivity contribution in [1.29, 1.82) is 0 Å². The largest absolute Gasteiger partial charge is 0.455 e. The molecule has 118 valence electrons. The SMILES string of the molecule is Cc1c(C(=O)NC2CC3CCC(C2)N3)oc2c1C(=O)CCC2. The van der Waals surface area contributed by atoms with Gasteiger partial charge in [0.1, 0.15) is 5.76 Å². The van der Waals surface area contributed by atoms with Crippen molar-refractivity contribution in [3.8, 4) is 0 Å². The second kappa shape index (κ2) is 5.23. The predicted octanol–water partition coefficient (Wildman–Crippen LogP) is 2.12. The van der Waals surface area contributed by atoms with E-state index >= 15 is 0 Å². The standard InChI is InChI=1S/C17H22N2O3/c1-9-15-13(20)3-2-4-14(15)22-16(9)17(21)19-12-7-10-5-6-11(8-12)18-10/h10-12,18H,2-8H2,1H3,(H,19,21). The van der Waals surface area contributed by atoms with E-state index in [1.807, 2.05) is 6.92 Å². The van der Waals surface area contributed by atoms with E-state index in [9.17, 15) is 9.59 Å². The molecule has 0 radical (unpaired) electrons. The average molecular weight is 302 g/mol. The van der Waals surface area contributed by atoms with E-state index in [2.05, 4.69) is 10.6 Å². The lowest BCUT2D eigenvalue weighted by Crippen LogP contribution is -2.48. The van der Waals surface area contributed by atoms with Gasteiger partial charge in [-0.1, -0.05) is 0 Å². The van der Waals surface area contributed by atoms with Gasteiger partial charge in [-0.05, 0) is 39.0 Å². The molecule has 2 N–H and O–H groups in total. The summed E-state index contributed by atoms with van der Waals surface area (Å²) in [5, 5.41) is 6.69. The molecule has 4 rings (SSSR count). The van der Waals surface area contributed by atoms with Crippen molar-refractivity contribution in [2.75, 3.05) is 0 Å². The number of hydrogen-bond donors (Lipinski definition) is 2. The highest BCUT2D eigenvalue weighted by Crippen LogP contribution is 2.30. The molecule has 5 heteroatoms. The zero-order chi connectivity index (χ0) is 15.3. The van der Waals surface area contributed by atoms with Crippen molar-refractivity contribution in [1.82, 2.24) is 10.6 Å². The first kappa shape index (κ1) is 14.0. The molecule has 1 amide bonds. The molecule has 1 aliphatic carbocycles. The molecule has 2 atom stereocenters. The average Bonchev–Trinajstić information content (AvgIpc) is 3.00. The summed E-state index contributed by atoms with van der Waals surface area (Å²) in [4.78, 5) is 24.6. The van der Waals surface area contributed by atoms with Gasteiger partial charge in [0.2, 0.25) is 0 Å². The van der Waals surface area contributed by atoms with Crippen LogP contribution in [0.5, 0.6) is 0 Å². The Morgan fingerprint density at radius 2 is 1.95 bits per heavy atom. The van der Waals surface area contributed by atoms with Crippen molar-refractivity contribution < 1.29 is 14.0 Å². The highest BCUT2D eigenvalue weighted by molar-refractivity contribution is 6.03. The number of amides is 1. The monoisotopic (exact) mass is 302 g/mol. The third kappa shape index (κ3) is 2.28. The zero-order valence-electron chi connectivity index (χ0n) is 12.9. The number of ketones is 1. The first-order valence-corrected chi connectivity index (χ1v) is 8.34. The molecule has 2 aliphatic heterocycles. The van der Waals surface area contributed by atoms with E-state index in [1.54, 1.807) is 0 Å². The van der Waals surface area contributed by atoms with Gasteiger partial charge in [-0.15, -0.1) is 0 Å². The topological polar surface area (TPSA) is 71.3 Å². The molecule has 2 saturated heterocycles. The van der Waals surface area contributed by atoms with Crippen molar-refractivity contribution in [3.05, 3.63) is 22.6 Å². The number of nitrogens with one attached hydrogen (secondary N) is 2. The zero-order valence-corrected chi connectivity index (χ0v) is 12.9. The maximum atomic E-state index is 12.6. The molecule has 22 heavy (non-hydrogen) atoms. The third-order valence-electron chi connectivity index (χ3n) is 5.32. The summed E-state index contributed by atoms with van der Waals surface area (Å²) in [6.45, 7) is 1.83. The molecule has 2 unspecified atom stereocenters. The molecule has 5 nitrogen and oxygen atoms in total. The van der Waals surface area contributed by atoms with Crippen LogP contribution in [0.1, 0.15) is 70.8 Å². The summed E-state index contributed by atoms with van der Waals surface area (Å²) in [7, 11) is 0. The lowest BCUT2D eigenvalue weighted by molar-refractivity contribution is 0.0890. The van der Waals surface area contributed by atoms with E-state index < -0.39 is 0 Å². The van der Waals surface area contributed by atoms with Crippen molar-refractivity contribution in [2.45, 2.75) is 70.0 Å². The number of aryl methyl sites for hydroxylation is 1. The van der Waals surface area contributed by atoms with E-state index in [-0.39, 0.29) is 17.7 Å².